The molecule has 0 saturated heterocycles. The van der Waals surface area contributed by atoms with Crippen molar-refractivity contribution >= 4 is 11.6 Å². The summed E-state index contributed by atoms with van der Waals surface area (Å²) in [5.41, 5.74) is 3.37. The molecular weight excluding hydrogens is 300 g/mol. The lowest BCUT2D eigenvalue weighted by Crippen LogP contribution is -2.35. The second-order valence-corrected chi connectivity index (χ2v) is 6.50. The van der Waals surface area contributed by atoms with E-state index in [2.05, 4.69) is 29.3 Å². The first-order valence-electron chi connectivity index (χ1n) is 9.08. The zero-order valence-corrected chi connectivity index (χ0v) is 14.4. The van der Waals surface area contributed by atoms with Crippen molar-refractivity contribution < 1.29 is 4.79 Å². The summed E-state index contributed by atoms with van der Waals surface area (Å²) in [5.74, 6) is 0.258. The molecule has 1 aromatic carbocycles. The molecule has 0 saturated carbocycles. The number of hydrogen-bond acceptors (Lipinski definition) is 3. The average molecular weight is 326 g/mol. The van der Waals surface area contributed by atoms with Crippen LogP contribution in [0.3, 0.4) is 0 Å². The lowest BCUT2D eigenvalue weighted by Gasteiger charge is -2.30. The Bertz CT molecular complexity index is 666. The summed E-state index contributed by atoms with van der Waals surface area (Å²) >= 11 is 0. The fraction of sp³-hybridized carbons (Fsp3) is 0.526. The first kappa shape index (κ1) is 16.7. The predicted molar refractivity (Wildman–Crippen MR) is 95.4 cm³/mol. The van der Waals surface area contributed by atoms with Crippen LogP contribution in [0.5, 0.6) is 0 Å². The van der Waals surface area contributed by atoms with Crippen molar-refractivity contribution in [1.29, 1.82) is 0 Å². The quantitative estimate of drug-likeness (QED) is 0.691. The third-order valence-corrected chi connectivity index (χ3v) is 4.72. The van der Waals surface area contributed by atoms with Crippen LogP contribution in [0.2, 0.25) is 0 Å². The molecule has 0 spiro atoms. The number of amides is 1. The van der Waals surface area contributed by atoms with E-state index >= 15 is 0 Å². The third kappa shape index (κ3) is 3.83. The number of anilines is 1. The second-order valence-electron chi connectivity index (χ2n) is 6.50. The van der Waals surface area contributed by atoms with E-state index in [0.29, 0.717) is 6.42 Å². The van der Waals surface area contributed by atoms with Crippen molar-refractivity contribution in [3.05, 3.63) is 36.4 Å². The lowest BCUT2D eigenvalue weighted by atomic mass is 9.99. The lowest BCUT2D eigenvalue weighted by molar-refractivity contribution is -0.118. The standard InChI is InChI=1S/C19H26N4O/c1-2-3-4-5-6-7-12-23-18-10-9-17(22-14-20-21-15-22)13-16(18)8-11-19(23)24/h9-10,13-15H,2-8,11-12H2,1H3. The highest BCUT2D eigenvalue weighted by Gasteiger charge is 2.23. The van der Waals surface area contributed by atoms with Crippen molar-refractivity contribution in [2.75, 3.05) is 11.4 Å². The molecule has 0 bridgehead atoms. The summed E-state index contributed by atoms with van der Waals surface area (Å²) in [7, 11) is 0. The fourth-order valence-electron chi connectivity index (χ4n) is 3.34. The number of benzene rings is 1. The Labute approximate surface area is 143 Å². The molecule has 0 fully saturated rings. The van der Waals surface area contributed by atoms with Gasteiger partial charge in [-0.15, -0.1) is 10.2 Å². The van der Waals surface area contributed by atoms with Gasteiger partial charge in [0.1, 0.15) is 12.7 Å². The van der Waals surface area contributed by atoms with Crippen molar-refractivity contribution in [2.45, 2.75) is 58.3 Å². The van der Waals surface area contributed by atoms with Crippen LogP contribution in [0.1, 0.15) is 57.4 Å². The van der Waals surface area contributed by atoms with E-state index in [-0.39, 0.29) is 5.91 Å². The molecule has 128 valence electrons. The largest absolute Gasteiger partial charge is 0.312 e. The summed E-state index contributed by atoms with van der Waals surface area (Å²) in [5, 5.41) is 7.71. The number of carbonyl (C=O) groups excluding carboxylic acids is 1. The highest BCUT2D eigenvalue weighted by atomic mass is 16.2. The summed E-state index contributed by atoms with van der Waals surface area (Å²) < 4.78 is 1.90. The summed E-state index contributed by atoms with van der Waals surface area (Å²) in [6.07, 6.45) is 12.3. The van der Waals surface area contributed by atoms with E-state index in [1.54, 1.807) is 12.7 Å². The van der Waals surface area contributed by atoms with Crippen LogP contribution in [0.4, 0.5) is 5.69 Å². The Balaban J connectivity index is 1.65. The van der Waals surface area contributed by atoms with Crippen molar-refractivity contribution in [1.82, 2.24) is 14.8 Å². The summed E-state index contributed by atoms with van der Waals surface area (Å²) in [4.78, 5) is 14.3. The number of hydrogen-bond donors (Lipinski definition) is 0. The Morgan fingerprint density at radius 3 is 2.54 bits per heavy atom. The van der Waals surface area contributed by atoms with Gasteiger partial charge in [0.05, 0.1) is 0 Å². The van der Waals surface area contributed by atoms with E-state index in [1.165, 1.54) is 37.7 Å². The molecule has 0 N–H and O–H groups in total. The number of aryl methyl sites for hydroxylation is 1. The van der Waals surface area contributed by atoms with Crippen molar-refractivity contribution in [3.8, 4) is 5.69 Å². The molecule has 3 rings (SSSR count). The molecule has 1 aliphatic rings. The maximum atomic E-state index is 12.3. The Hall–Kier alpha value is -2.17. The number of nitrogens with zero attached hydrogens (tertiary/aromatic N) is 4. The monoisotopic (exact) mass is 326 g/mol. The number of fused-ring (bicyclic) bond motifs is 1. The van der Waals surface area contributed by atoms with Gasteiger partial charge in [-0.3, -0.25) is 9.36 Å². The molecule has 1 aromatic heterocycles. The van der Waals surface area contributed by atoms with E-state index in [1.807, 2.05) is 15.5 Å². The van der Waals surface area contributed by atoms with E-state index in [4.69, 9.17) is 0 Å². The van der Waals surface area contributed by atoms with Crippen molar-refractivity contribution in [3.63, 3.8) is 0 Å². The van der Waals surface area contributed by atoms with Gasteiger partial charge in [0.15, 0.2) is 0 Å². The molecule has 2 aromatic rings. The Morgan fingerprint density at radius 2 is 1.75 bits per heavy atom. The maximum Gasteiger partial charge on any atom is 0.227 e. The zero-order valence-electron chi connectivity index (χ0n) is 14.4. The van der Waals surface area contributed by atoms with Crippen LogP contribution >= 0.6 is 0 Å². The molecule has 0 aliphatic carbocycles. The fourth-order valence-corrected chi connectivity index (χ4v) is 3.34. The van der Waals surface area contributed by atoms with E-state index < -0.39 is 0 Å². The number of aromatic nitrogens is 3. The molecule has 24 heavy (non-hydrogen) atoms. The van der Waals surface area contributed by atoms with Crippen LogP contribution in [-0.2, 0) is 11.2 Å². The van der Waals surface area contributed by atoms with E-state index in [0.717, 1.165) is 30.8 Å². The highest BCUT2D eigenvalue weighted by Crippen LogP contribution is 2.30. The second kappa shape index (κ2) is 8.08. The van der Waals surface area contributed by atoms with Gasteiger partial charge in [-0.25, -0.2) is 0 Å². The molecule has 0 atom stereocenters. The van der Waals surface area contributed by atoms with Gasteiger partial charge in [0.25, 0.3) is 0 Å². The van der Waals surface area contributed by atoms with Gasteiger partial charge in [-0.1, -0.05) is 39.0 Å². The van der Waals surface area contributed by atoms with Gasteiger partial charge in [0, 0.05) is 24.3 Å². The molecule has 1 amide bonds. The minimum atomic E-state index is 0.258. The van der Waals surface area contributed by atoms with Crippen LogP contribution in [0.15, 0.2) is 30.9 Å². The van der Waals surface area contributed by atoms with Crippen LogP contribution < -0.4 is 4.90 Å². The number of unbranched alkanes of at least 4 members (excludes halogenated alkanes) is 5. The van der Waals surface area contributed by atoms with Gasteiger partial charge in [0.2, 0.25) is 5.91 Å². The topological polar surface area (TPSA) is 51.0 Å². The maximum absolute atomic E-state index is 12.3. The molecule has 0 radical (unpaired) electrons. The first-order chi connectivity index (χ1) is 11.8. The van der Waals surface area contributed by atoms with Gasteiger partial charge < -0.3 is 4.90 Å². The molecule has 2 heterocycles. The molecule has 0 unspecified atom stereocenters. The van der Waals surface area contributed by atoms with E-state index in [9.17, 15) is 4.79 Å². The highest BCUT2D eigenvalue weighted by molar-refractivity contribution is 5.96. The summed E-state index contributed by atoms with van der Waals surface area (Å²) in [6, 6.07) is 6.26. The molecular formula is C19H26N4O. The van der Waals surface area contributed by atoms with Crippen LogP contribution in [0, 0.1) is 0 Å². The minimum Gasteiger partial charge on any atom is -0.312 e. The normalized spacial score (nSPS) is 14.0. The zero-order chi connectivity index (χ0) is 16.8. The minimum absolute atomic E-state index is 0.258. The van der Waals surface area contributed by atoms with Crippen LogP contribution in [-0.4, -0.2) is 27.2 Å². The summed E-state index contributed by atoms with van der Waals surface area (Å²) in [6.45, 7) is 3.07. The van der Waals surface area contributed by atoms with Crippen molar-refractivity contribution in [2.24, 2.45) is 0 Å². The average Bonchev–Trinajstić information content (AvgIpc) is 3.14. The smallest absolute Gasteiger partial charge is 0.227 e. The van der Waals surface area contributed by atoms with Gasteiger partial charge in [-0.2, -0.15) is 0 Å². The molecule has 5 heteroatoms. The third-order valence-electron chi connectivity index (χ3n) is 4.72. The predicted octanol–water partition coefficient (Wildman–Crippen LogP) is 3.91. The number of carbonyl (C=O) groups is 1. The van der Waals surface area contributed by atoms with Gasteiger partial charge in [-0.05, 0) is 36.6 Å². The Morgan fingerprint density at radius 1 is 1.00 bits per heavy atom. The Kier molecular flexibility index (Phi) is 5.62. The first-order valence-corrected chi connectivity index (χ1v) is 9.08. The van der Waals surface area contributed by atoms with Gasteiger partial charge >= 0.3 is 0 Å². The SMILES string of the molecule is CCCCCCCCN1C(=O)CCc2cc(-n3cnnc3)ccc21. The number of rotatable bonds is 8. The molecule has 1 aliphatic heterocycles. The molecule has 5 nitrogen and oxygen atoms in total. The van der Waals surface area contributed by atoms with Crippen LogP contribution in [0.25, 0.3) is 5.69 Å².